The molecule has 0 saturated carbocycles. The monoisotopic (exact) mass is 396 g/mol. The van der Waals surface area contributed by atoms with Gasteiger partial charge >= 0.3 is 11.8 Å². The van der Waals surface area contributed by atoms with E-state index in [0.29, 0.717) is 35.1 Å². The molecule has 1 aliphatic heterocycles. The van der Waals surface area contributed by atoms with Crippen molar-refractivity contribution in [3.05, 3.63) is 48.0 Å². The number of nitrogens with two attached hydrogens (primary N) is 1. The van der Waals surface area contributed by atoms with Crippen molar-refractivity contribution in [3.8, 4) is 0 Å². The first-order valence-electron chi connectivity index (χ1n) is 9.39. The van der Waals surface area contributed by atoms with E-state index in [-0.39, 0.29) is 23.6 Å². The van der Waals surface area contributed by atoms with Gasteiger partial charge in [-0.15, -0.1) is 0 Å². The van der Waals surface area contributed by atoms with Crippen molar-refractivity contribution in [2.45, 2.75) is 25.8 Å². The smallest absolute Gasteiger partial charge is 0.314 e. The van der Waals surface area contributed by atoms with Crippen molar-refractivity contribution in [2.75, 3.05) is 17.6 Å². The number of anilines is 2. The minimum absolute atomic E-state index is 0.245. The Morgan fingerprint density at radius 2 is 2.14 bits per heavy atom. The van der Waals surface area contributed by atoms with Gasteiger partial charge in [0.15, 0.2) is 0 Å². The van der Waals surface area contributed by atoms with Crippen LogP contribution in [-0.4, -0.2) is 38.4 Å². The fourth-order valence-corrected chi connectivity index (χ4v) is 3.79. The number of likely N-dealkylation sites (tertiary alicyclic amines) is 1. The molecule has 29 heavy (non-hydrogen) atoms. The second-order valence-corrected chi connectivity index (χ2v) is 7.38. The number of pyridine rings is 1. The minimum atomic E-state index is -0.789. The molecule has 0 unspecified atom stereocenters. The molecule has 150 valence electrons. The van der Waals surface area contributed by atoms with Crippen molar-refractivity contribution in [3.63, 3.8) is 0 Å². The normalized spacial score (nSPS) is 19.3. The molecule has 1 aliphatic rings. The van der Waals surface area contributed by atoms with Crippen LogP contribution in [0.2, 0.25) is 0 Å². The largest absolute Gasteiger partial charge is 0.383 e. The summed E-state index contributed by atoms with van der Waals surface area (Å²) in [7, 11) is 0. The quantitative estimate of drug-likeness (QED) is 0.576. The average molecular weight is 396 g/mol. The van der Waals surface area contributed by atoms with Crippen molar-refractivity contribution in [1.29, 1.82) is 0 Å². The third-order valence-corrected chi connectivity index (χ3v) is 5.27. The molecule has 3 aromatic rings. The third-order valence-electron chi connectivity index (χ3n) is 5.27. The van der Waals surface area contributed by atoms with Gasteiger partial charge in [0.25, 0.3) is 0 Å². The van der Waals surface area contributed by atoms with Crippen LogP contribution in [0.3, 0.4) is 0 Å². The number of carbonyl (C=O) groups is 2. The number of hydrogen-bond donors (Lipinski definition) is 3. The van der Waals surface area contributed by atoms with Crippen LogP contribution in [0, 0.1) is 11.7 Å². The van der Waals surface area contributed by atoms with Crippen LogP contribution in [0.25, 0.3) is 10.9 Å². The van der Waals surface area contributed by atoms with E-state index in [4.69, 9.17) is 5.73 Å². The maximum atomic E-state index is 13.7. The molecule has 0 bridgehead atoms. The number of nitrogen functional groups attached to an aromatic ring is 1. The second kappa shape index (κ2) is 7.50. The van der Waals surface area contributed by atoms with E-state index in [0.717, 1.165) is 6.42 Å². The molecule has 9 heteroatoms. The van der Waals surface area contributed by atoms with E-state index in [1.165, 1.54) is 29.4 Å². The number of halogens is 1. The lowest BCUT2D eigenvalue weighted by molar-refractivity contribution is -0.146. The highest BCUT2D eigenvalue weighted by Crippen LogP contribution is 2.34. The highest BCUT2D eigenvalue weighted by Gasteiger charge is 2.34. The van der Waals surface area contributed by atoms with Crippen LogP contribution >= 0.6 is 0 Å². The van der Waals surface area contributed by atoms with Gasteiger partial charge in [-0.2, -0.15) is 5.10 Å². The summed E-state index contributed by atoms with van der Waals surface area (Å²) in [5, 5.41) is 9.81. The molecule has 2 atom stereocenters. The highest BCUT2D eigenvalue weighted by atomic mass is 19.1. The molecule has 0 radical (unpaired) electrons. The Labute approximate surface area is 166 Å². The number of H-pyrrole nitrogens is 1. The molecule has 2 amide bonds. The fraction of sp³-hybridized carbons (Fsp3) is 0.300. The van der Waals surface area contributed by atoms with E-state index in [9.17, 15) is 14.0 Å². The van der Waals surface area contributed by atoms with Gasteiger partial charge in [-0.25, -0.2) is 9.37 Å². The zero-order valence-electron chi connectivity index (χ0n) is 15.9. The van der Waals surface area contributed by atoms with Crippen molar-refractivity contribution in [2.24, 2.45) is 5.92 Å². The van der Waals surface area contributed by atoms with Gasteiger partial charge in [-0.3, -0.25) is 14.7 Å². The predicted molar refractivity (Wildman–Crippen MR) is 106 cm³/mol. The van der Waals surface area contributed by atoms with Gasteiger partial charge in [-0.1, -0.05) is 19.1 Å². The zero-order valence-corrected chi connectivity index (χ0v) is 15.9. The second-order valence-electron chi connectivity index (χ2n) is 7.38. The summed E-state index contributed by atoms with van der Waals surface area (Å²) in [5.74, 6) is -1.31. The third kappa shape index (κ3) is 3.63. The van der Waals surface area contributed by atoms with E-state index >= 15 is 0 Å². The van der Waals surface area contributed by atoms with E-state index in [1.807, 2.05) is 6.92 Å². The molecule has 4 N–H and O–H groups in total. The van der Waals surface area contributed by atoms with Crippen molar-refractivity contribution >= 4 is 34.2 Å². The van der Waals surface area contributed by atoms with Gasteiger partial charge < -0.3 is 16.0 Å². The van der Waals surface area contributed by atoms with Gasteiger partial charge in [0.2, 0.25) is 0 Å². The lowest BCUT2D eigenvalue weighted by atomic mass is 9.89. The van der Waals surface area contributed by atoms with Crippen LogP contribution < -0.4 is 11.1 Å². The number of aromatic nitrogens is 3. The Hall–Kier alpha value is -3.49. The van der Waals surface area contributed by atoms with Crippen LogP contribution in [0.15, 0.2) is 36.7 Å². The highest BCUT2D eigenvalue weighted by molar-refractivity contribution is 6.40. The van der Waals surface area contributed by atoms with Gasteiger partial charge in [0, 0.05) is 6.54 Å². The number of amides is 2. The summed E-state index contributed by atoms with van der Waals surface area (Å²) in [6, 6.07) is 5.81. The Balaban J connectivity index is 1.59. The molecule has 2 aromatic heterocycles. The summed E-state index contributed by atoms with van der Waals surface area (Å²) < 4.78 is 13.7. The minimum Gasteiger partial charge on any atom is -0.383 e. The maximum absolute atomic E-state index is 13.7. The predicted octanol–water partition coefficient (Wildman–Crippen LogP) is 2.62. The molecular formula is C20H21FN6O2. The molecule has 1 fully saturated rings. The Kier molecular flexibility index (Phi) is 4.87. The summed E-state index contributed by atoms with van der Waals surface area (Å²) in [6.07, 6.45) is 4.44. The molecule has 0 aliphatic carbocycles. The van der Waals surface area contributed by atoms with Crippen molar-refractivity contribution < 1.29 is 14.0 Å². The summed E-state index contributed by atoms with van der Waals surface area (Å²) in [6.45, 7) is 2.45. The molecule has 1 aromatic carbocycles. The van der Waals surface area contributed by atoms with E-state index in [2.05, 4.69) is 20.5 Å². The van der Waals surface area contributed by atoms with E-state index < -0.39 is 11.8 Å². The molecule has 3 heterocycles. The van der Waals surface area contributed by atoms with Crippen LogP contribution in [-0.2, 0) is 9.59 Å². The lowest BCUT2D eigenvalue weighted by Gasteiger charge is -2.38. The Bertz CT molecular complexity index is 1080. The average Bonchev–Trinajstić information content (AvgIpc) is 3.20. The number of hydrogen-bond acceptors (Lipinski definition) is 5. The topological polar surface area (TPSA) is 117 Å². The lowest BCUT2D eigenvalue weighted by Crippen LogP contribution is -2.46. The number of rotatable bonds is 2. The van der Waals surface area contributed by atoms with E-state index in [1.54, 1.807) is 12.1 Å². The Morgan fingerprint density at radius 1 is 1.31 bits per heavy atom. The molecule has 0 spiro atoms. The van der Waals surface area contributed by atoms with Crippen LogP contribution in [0.1, 0.15) is 31.4 Å². The first-order valence-corrected chi connectivity index (χ1v) is 9.39. The maximum Gasteiger partial charge on any atom is 0.314 e. The molecule has 8 nitrogen and oxygen atoms in total. The summed E-state index contributed by atoms with van der Waals surface area (Å²) >= 11 is 0. The number of aromatic amines is 1. The number of piperidine rings is 1. The van der Waals surface area contributed by atoms with Crippen molar-refractivity contribution in [1.82, 2.24) is 20.1 Å². The SMILES string of the molecule is C[C@H]1CC[C@H](c2cccc(F)c2)N(C(=O)C(=O)Nc2cnc(N)c3cn[nH]c23)C1. The number of benzene rings is 1. The first-order chi connectivity index (χ1) is 13.9. The summed E-state index contributed by atoms with van der Waals surface area (Å²) in [5.41, 5.74) is 7.29. The molecule has 4 rings (SSSR count). The first kappa shape index (κ1) is 18.9. The Morgan fingerprint density at radius 3 is 2.93 bits per heavy atom. The van der Waals surface area contributed by atoms with Gasteiger partial charge in [0.1, 0.15) is 11.6 Å². The summed E-state index contributed by atoms with van der Waals surface area (Å²) in [4.78, 5) is 31.3. The molecular weight excluding hydrogens is 375 g/mol. The number of nitrogens with zero attached hydrogens (tertiary/aromatic N) is 3. The standard InChI is InChI=1S/C20H21FN6O2/c1-11-5-6-16(12-3-2-4-13(21)7-12)27(10-11)20(29)19(28)25-15-9-23-18(22)14-8-24-26-17(14)15/h2-4,7-9,11,16H,5-6,10H2,1H3,(H2,22,23)(H,24,26)(H,25,28)/t11-,16+/m0/s1. The number of fused-ring (bicyclic) bond motifs is 1. The van der Waals surface area contributed by atoms with Gasteiger partial charge in [-0.05, 0) is 36.5 Å². The molecule has 1 saturated heterocycles. The number of carbonyl (C=O) groups excluding carboxylic acids is 2. The fourth-order valence-electron chi connectivity index (χ4n) is 3.79. The van der Waals surface area contributed by atoms with Crippen LogP contribution in [0.5, 0.6) is 0 Å². The van der Waals surface area contributed by atoms with Gasteiger partial charge in [0.05, 0.1) is 35.0 Å². The zero-order chi connectivity index (χ0) is 20.5. The number of nitrogens with one attached hydrogen (secondary N) is 2. The van der Waals surface area contributed by atoms with Crippen LogP contribution in [0.4, 0.5) is 15.9 Å².